The maximum absolute atomic E-state index is 11.6. The molecule has 16 heavy (non-hydrogen) atoms. The van der Waals surface area contributed by atoms with Crippen molar-refractivity contribution in [1.29, 1.82) is 0 Å². The van der Waals surface area contributed by atoms with Crippen LogP contribution in [0.1, 0.15) is 34.1 Å². The van der Waals surface area contributed by atoms with Crippen LogP contribution >= 0.6 is 0 Å². The first-order chi connectivity index (χ1) is 7.28. The third kappa shape index (κ3) is 4.08. The van der Waals surface area contributed by atoms with Crippen LogP contribution in [0.2, 0.25) is 0 Å². The van der Waals surface area contributed by atoms with Crippen LogP contribution in [0.25, 0.3) is 0 Å². The number of rotatable bonds is 1. The summed E-state index contributed by atoms with van der Waals surface area (Å²) in [7, 11) is 0. The van der Waals surface area contributed by atoms with Gasteiger partial charge in [-0.2, -0.15) is 0 Å². The number of carbonyl (C=O) groups excluding carboxylic acids is 2. The van der Waals surface area contributed by atoms with E-state index in [2.05, 4.69) is 10.6 Å². The minimum atomic E-state index is -0.233. The van der Waals surface area contributed by atoms with Gasteiger partial charge in [-0.1, -0.05) is 0 Å². The highest BCUT2D eigenvalue weighted by atomic mass is 16.2. The van der Waals surface area contributed by atoms with E-state index in [0.717, 1.165) is 13.0 Å². The summed E-state index contributed by atoms with van der Waals surface area (Å²) in [6.45, 7) is 8.70. The van der Waals surface area contributed by atoms with Crippen LogP contribution in [-0.4, -0.2) is 41.5 Å². The van der Waals surface area contributed by atoms with Crippen molar-refractivity contribution in [3.8, 4) is 0 Å². The summed E-state index contributed by atoms with van der Waals surface area (Å²) in [4.78, 5) is 24.4. The molecule has 3 amide bonds. The van der Waals surface area contributed by atoms with Crippen LogP contribution < -0.4 is 10.6 Å². The lowest BCUT2D eigenvalue weighted by atomic mass is 10.1. The van der Waals surface area contributed by atoms with E-state index >= 15 is 0 Å². The molecule has 5 heteroatoms. The number of hydrogen-bond acceptors (Lipinski definition) is 2. The molecule has 0 bridgehead atoms. The van der Waals surface area contributed by atoms with Crippen molar-refractivity contribution in [3.05, 3.63) is 0 Å². The van der Waals surface area contributed by atoms with E-state index in [1.165, 1.54) is 0 Å². The molecule has 0 aromatic carbocycles. The zero-order valence-electron chi connectivity index (χ0n) is 10.5. The summed E-state index contributed by atoms with van der Waals surface area (Å²) in [5.41, 5.74) is -0.233. The number of hydrogen-bond donors (Lipinski definition) is 2. The second kappa shape index (κ2) is 4.72. The van der Waals surface area contributed by atoms with Gasteiger partial charge in [0.15, 0.2) is 0 Å². The van der Waals surface area contributed by atoms with Gasteiger partial charge in [-0.15, -0.1) is 0 Å². The highest BCUT2D eigenvalue weighted by Crippen LogP contribution is 2.09. The summed E-state index contributed by atoms with van der Waals surface area (Å²) < 4.78 is 0. The number of urea groups is 1. The molecule has 0 unspecified atom stereocenters. The lowest BCUT2D eigenvalue weighted by Crippen LogP contribution is -2.50. The van der Waals surface area contributed by atoms with Gasteiger partial charge in [0, 0.05) is 31.6 Å². The quantitative estimate of drug-likeness (QED) is 0.693. The average Bonchev–Trinajstić information content (AvgIpc) is 2.48. The first-order valence-electron chi connectivity index (χ1n) is 5.62. The van der Waals surface area contributed by atoms with E-state index in [0.29, 0.717) is 6.54 Å². The average molecular weight is 227 g/mol. The Kier molecular flexibility index (Phi) is 3.78. The Morgan fingerprint density at radius 1 is 1.31 bits per heavy atom. The molecule has 0 aliphatic carbocycles. The lowest BCUT2D eigenvalue weighted by Gasteiger charge is -2.22. The molecule has 1 saturated heterocycles. The summed E-state index contributed by atoms with van der Waals surface area (Å²) in [6, 6.07) is -0.0887. The number of amides is 3. The van der Waals surface area contributed by atoms with Gasteiger partial charge in [0.25, 0.3) is 0 Å². The molecular formula is C11H21N3O2. The van der Waals surface area contributed by atoms with E-state index in [1.807, 2.05) is 20.8 Å². The monoisotopic (exact) mass is 227 g/mol. The van der Waals surface area contributed by atoms with Gasteiger partial charge < -0.3 is 15.5 Å². The normalized spacial score (nSPS) is 20.8. The molecule has 1 atom stereocenters. The van der Waals surface area contributed by atoms with Gasteiger partial charge in [-0.25, -0.2) is 4.79 Å². The zero-order valence-corrected chi connectivity index (χ0v) is 10.5. The molecule has 92 valence electrons. The standard InChI is InChI=1S/C11H21N3O2/c1-8(15)14-6-5-9(7-14)12-10(16)13-11(2,3)4/h9H,5-7H2,1-4H3,(H2,12,13,16)/t9-/m0/s1. The van der Waals surface area contributed by atoms with E-state index in [-0.39, 0.29) is 23.5 Å². The summed E-state index contributed by atoms with van der Waals surface area (Å²) in [6.07, 6.45) is 0.830. The molecule has 1 heterocycles. The van der Waals surface area contributed by atoms with Crippen molar-refractivity contribution in [2.75, 3.05) is 13.1 Å². The van der Waals surface area contributed by atoms with Gasteiger partial charge >= 0.3 is 6.03 Å². The van der Waals surface area contributed by atoms with Gasteiger partial charge in [0.05, 0.1) is 0 Å². The fraction of sp³-hybridized carbons (Fsp3) is 0.818. The molecule has 0 saturated carbocycles. The fourth-order valence-corrected chi connectivity index (χ4v) is 1.73. The number of carbonyl (C=O) groups is 2. The molecule has 0 aromatic rings. The molecule has 1 fully saturated rings. The Balaban J connectivity index is 2.34. The minimum absolute atomic E-state index is 0.0699. The second-order valence-corrected chi connectivity index (χ2v) is 5.30. The third-order valence-electron chi connectivity index (χ3n) is 2.46. The second-order valence-electron chi connectivity index (χ2n) is 5.30. The van der Waals surface area contributed by atoms with Crippen LogP contribution in [0.5, 0.6) is 0 Å². The van der Waals surface area contributed by atoms with Crippen LogP contribution in [0.15, 0.2) is 0 Å². The van der Waals surface area contributed by atoms with Crippen LogP contribution in [0, 0.1) is 0 Å². The van der Waals surface area contributed by atoms with Crippen molar-refractivity contribution < 1.29 is 9.59 Å². The molecule has 0 spiro atoms. The molecule has 0 radical (unpaired) electrons. The van der Waals surface area contributed by atoms with E-state index < -0.39 is 0 Å². The largest absolute Gasteiger partial charge is 0.341 e. The van der Waals surface area contributed by atoms with Crippen molar-refractivity contribution in [2.24, 2.45) is 0 Å². The number of nitrogens with one attached hydrogen (secondary N) is 2. The van der Waals surface area contributed by atoms with E-state index in [1.54, 1.807) is 11.8 Å². The fourth-order valence-electron chi connectivity index (χ4n) is 1.73. The van der Waals surface area contributed by atoms with E-state index in [4.69, 9.17) is 0 Å². The number of likely N-dealkylation sites (tertiary alicyclic amines) is 1. The zero-order chi connectivity index (χ0) is 12.3. The molecule has 1 rings (SSSR count). The Labute approximate surface area is 96.6 Å². The molecule has 0 aromatic heterocycles. The first kappa shape index (κ1) is 12.8. The molecule has 1 aliphatic rings. The smallest absolute Gasteiger partial charge is 0.315 e. The van der Waals surface area contributed by atoms with Crippen molar-refractivity contribution >= 4 is 11.9 Å². The SMILES string of the molecule is CC(=O)N1CC[C@H](NC(=O)NC(C)(C)C)C1. The highest BCUT2D eigenvalue weighted by molar-refractivity contribution is 5.76. The predicted octanol–water partition coefficient (Wildman–Crippen LogP) is 0.705. The lowest BCUT2D eigenvalue weighted by molar-refractivity contribution is -0.127. The van der Waals surface area contributed by atoms with Gasteiger partial charge in [-0.3, -0.25) is 4.79 Å². The maximum atomic E-state index is 11.6. The van der Waals surface area contributed by atoms with Crippen molar-refractivity contribution in [1.82, 2.24) is 15.5 Å². The summed E-state index contributed by atoms with van der Waals surface area (Å²) in [5.74, 6) is 0.0699. The minimum Gasteiger partial charge on any atom is -0.341 e. The topological polar surface area (TPSA) is 61.4 Å². The summed E-state index contributed by atoms with van der Waals surface area (Å²) >= 11 is 0. The Hall–Kier alpha value is -1.26. The van der Waals surface area contributed by atoms with E-state index in [9.17, 15) is 9.59 Å². The number of nitrogens with zero attached hydrogens (tertiary/aromatic N) is 1. The molecular weight excluding hydrogens is 206 g/mol. The predicted molar refractivity (Wildman–Crippen MR) is 62.1 cm³/mol. The van der Waals surface area contributed by atoms with Gasteiger partial charge in [0.2, 0.25) is 5.91 Å². The van der Waals surface area contributed by atoms with Gasteiger partial charge in [0.1, 0.15) is 0 Å². The van der Waals surface area contributed by atoms with Gasteiger partial charge in [-0.05, 0) is 27.2 Å². The first-order valence-corrected chi connectivity index (χ1v) is 5.62. The molecule has 5 nitrogen and oxygen atoms in total. The Bertz CT molecular complexity index is 283. The molecule has 1 aliphatic heterocycles. The molecule has 2 N–H and O–H groups in total. The van der Waals surface area contributed by atoms with Crippen LogP contribution in [0.4, 0.5) is 4.79 Å². The van der Waals surface area contributed by atoms with Crippen molar-refractivity contribution in [2.45, 2.75) is 45.7 Å². The highest BCUT2D eigenvalue weighted by Gasteiger charge is 2.26. The Morgan fingerprint density at radius 3 is 2.38 bits per heavy atom. The Morgan fingerprint density at radius 2 is 1.94 bits per heavy atom. The van der Waals surface area contributed by atoms with Crippen LogP contribution in [-0.2, 0) is 4.79 Å². The van der Waals surface area contributed by atoms with Crippen molar-refractivity contribution in [3.63, 3.8) is 0 Å². The summed E-state index contributed by atoms with van der Waals surface area (Å²) in [5, 5.41) is 5.71. The van der Waals surface area contributed by atoms with Crippen LogP contribution in [0.3, 0.4) is 0 Å². The third-order valence-corrected chi connectivity index (χ3v) is 2.46. The maximum Gasteiger partial charge on any atom is 0.315 e.